The monoisotopic (exact) mass is 312 g/mol. The number of hydrogen-bond donors (Lipinski definition) is 2. The van der Waals surface area contributed by atoms with Crippen molar-refractivity contribution in [2.75, 3.05) is 17.6 Å². The lowest BCUT2D eigenvalue weighted by Gasteiger charge is -2.34. The van der Waals surface area contributed by atoms with Crippen LogP contribution >= 0.6 is 11.6 Å². The van der Waals surface area contributed by atoms with Gasteiger partial charge in [-0.15, -0.1) is 0 Å². The van der Waals surface area contributed by atoms with Gasteiger partial charge < -0.3 is 15.5 Å². The van der Waals surface area contributed by atoms with Gasteiger partial charge in [-0.1, -0.05) is 32.4 Å². The van der Waals surface area contributed by atoms with E-state index in [1.54, 1.807) is 0 Å². The van der Waals surface area contributed by atoms with Gasteiger partial charge in [-0.25, -0.2) is 4.98 Å². The standard InChI is InChI=1S/C13H21ClN4OSi/c1-12(2,3)20-19-13(4,5)7-6-16-10-8(7)9(14)17-11(15)18-10/h7H,6H2,1-5H3,(H3,15,16,17,18). The van der Waals surface area contributed by atoms with Crippen LogP contribution in [-0.4, -0.2) is 31.9 Å². The summed E-state index contributed by atoms with van der Waals surface area (Å²) in [5.74, 6) is 1.03. The molecule has 1 aliphatic rings. The van der Waals surface area contributed by atoms with Crippen LogP contribution in [0.3, 0.4) is 0 Å². The third-order valence-electron chi connectivity index (χ3n) is 3.20. The third-order valence-corrected chi connectivity index (χ3v) is 4.73. The van der Waals surface area contributed by atoms with E-state index in [0.717, 1.165) is 17.9 Å². The van der Waals surface area contributed by atoms with Gasteiger partial charge in [0.05, 0.1) is 5.60 Å². The fraction of sp³-hybridized carbons (Fsp3) is 0.692. The highest BCUT2D eigenvalue weighted by molar-refractivity contribution is 6.32. The molecule has 2 rings (SSSR count). The molecular weight excluding hydrogens is 292 g/mol. The first kappa shape index (κ1) is 15.5. The predicted molar refractivity (Wildman–Crippen MR) is 83.3 cm³/mol. The molecule has 7 heteroatoms. The number of hydrogen-bond acceptors (Lipinski definition) is 5. The van der Waals surface area contributed by atoms with E-state index in [1.807, 2.05) is 0 Å². The van der Waals surface area contributed by atoms with E-state index in [0.29, 0.717) is 14.9 Å². The van der Waals surface area contributed by atoms with Crippen molar-refractivity contribution in [2.45, 2.75) is 51.2 Å². The number of anilines is 2. The molecule has 20 heavy (non-hydrogen) atoms. The Kier molecular flexibility index (Phi) is 4.01. The van der Waals surface area contributed by atoms with Crippen molar-refractivity contribution in [2.24, 2.45) is 0 Å². The molecule has 2 heterocycles. The van der Waals surface area contributed by atoms with E-state index in [4.69, 9.17) is 21.8 Å². The Morgan fingerprint density at radius 3 is 2.55 bits per heavy atom. The molecule has 0 fully saturated rings. The summed E-state index contributed by atoms with van der Waals surface area (Å²) in [5.41, 5.74) is 6.19. The maximum atomic E-state index is 6.24. The smallest absolute Gasteiger partial charge is 0.236 e. The summed E-state index contributed by atoms with van der Waals surface area (Å²) in [6, 6.07) is 0. The normalized spacial score (nSPS) is 18.8. The SMILES string of the molecule is CC(C)(C)[Si]OC(C)(C)C1CNc2nc(N)nc(Cl)c21. The quantitative estimate of drug-likeness (QED) is 0.663. The van der Waals surface area contributed by atoms with E-state index >= 15 is 0 Å². The molecule has 1 aromatic rings. The zero-order chi connectivity index (χ0) is 15.1. The summed E-state index contributed by atoms with van der Waals surface area (Å²) in [6.45, 7) is 11.4. The first-order valence-corrected chi connectivity index (χ1v) is 7.91. The molecular formula is C13H21ClN4OSi. The molecule has 5 nitrogen and oxygen atoms in total. The minimum atomic E-state index is -0.340. The van der Waals surface area contributed by atoms with Crippen molar-refractivity contribution < 1.29 is 4.43 Å². The van der Waals surface area contributed by atoms with E-state index < -0.39 is 0 Å². The Bertz CT molecular complexity index is 516. The molecule has 0 saturated heterocycles. The van der Waals surface area contributed by atoms with E-state index in [2.05, 4.69) is 49.9 Å². The lowest BCUT2D eigenvalue weighted by molar-refractivity contribution is 0.0844. The number of halogens is 1. The van der Waals surface area contributed by atoms with Crippen LogP contribution in [0.25, 0.3) is 0 Å². The molecule has 0 bridgehead atoms. The van der Waals surface area contributed by atoms with Gasteiger partial charge in [0.2, 0.25) is 15.7 Å². The number of aromatic nitrogens is 2. The molecule has 3 N–H and O–H groups in total. The van der Waals surface area contributed by atoms with Crippen LogP contribution in [-0.2, 0) is 4.43 Å². The van der Waals surface area contributed by atoms with E-state index in [-0.39, 0.29) is 22.5 Å². The van der Waals surface area contributed by atoms with Gasteiger partial charge in [0, 0.05) is 18.0 Å². The average molecular weight is 313 g/mol. The van der Waals surface area contributed by atoms with Crippen LogP contribution in [0.5, 0.6) is 0 Å². The zero-order valence-corrected chi connectivity index (χ0v) is 14.3. The summed E-state index contributed by atoms with van der Waals surface area (Å²) in [4.78, 5) is 8.26. The van der Waals surface area contributed by atoms with E-state index in [1.165, 1.54) is 0 Å². The van der Waals surface area contributed by atoms with Gasteiger partial charge in [-0.3, -0.25) is 0 Å². The Labute approximate surface area is 127 Å². The summed E-state index contributed by atoms with van der Waals surface area (Å²) in [7, 11) is 0.415. The Hall–Kier alpha value is -0.853. The Morgan fingerprint density at radius 1 is 1.30 bits per heavy atom. The molecule has 2 radical (unpaired) electrons. The van der Waals surface area contributed by atoms with Crippen LogP contribution in [0.15, 0.2) is 0 Å². The van der Waals surface area contributed by atoms with Gasteiger partial charge in [-0.05, 0) is 18.9 Å². The fourth-order valence-electron chi connectivity index (χ4n) is 2.15. The highest BCUT2D eigenvalue weighted by Gasteiger charge is 2.40. The van der Waals surface area contributed by atoms with Gasteiger partial charge in [0.25, 0.3) is 0 Å². The lowest BCUT2D eigenvalue weighted by Crippen LogP contribution is -2.37. The first-order chi connectivity index (χ1) is 9.10. The van der Waals surface area contributed by atoms with Crippen LogP contribution in [0.2, 0.25) is 10.2 Å². The number of nitrogen functional groups attached to an aromatic ring is 1. The topological polar surface area (TPSA) is 73.1 Å². The molecule has 0 saturated carbocycles. The van der Waals surface area contributed by atoms with Crippen molar-refractivity contribution in [1.82, 2.24) is 9.97 Å². The molecule has 1 unspecified atom stereocenters. The maximum absolute atomic E-state index is 6.24. The van der Waals surface area contributed by atoms with Gasteiger partial charge >= 0.3 is 0 Å². The van der Waals surface area contributed by atoms with Crippen LogP contribution in [0.4, 0.5) is 11.8 Å². The third kappa shape index (κ3) is 3.24. The number of rotatable bonds is 3. The fourth-order valence-corrected chi connectivity index (χ4v) is 3.17. The molecule has 1 aliphatic heterocycles. The second-order valence-corrected chi connectivity index (χ2v) is 8.89. The van der Waals surface area contributed by atoms with Crippen LogP contribution in [0.1, 0.15) is 46.1 Å². The first-order valence-electron chi connectivity index (χ1n) is 6.62. The van der Waals surface area contributed by atoms with Gasteiger partial charge in [-0.2, -0.15) is 4.98 Å². The molecule has 1 aromatic heterocycles. The molecule has 110 valence electrons. The summed E-state index contributed by atoms with van der Waals surface area (Å²) < 4.78 is 6.16. The second kappa shape index (κ2) is 5.16. The summed E-state index contributed by atoms with van der Waals surface area (Å²) in [5, 5.41) is 3.80. The lowest BCUT2D eigenvalue weighted by atomic mass is 9.88. The van der Waals surface area contributed by atoms with Gasteiger partial charge in [0.1, 0.15) is 11.0 Å². The number of nitrogens with one attached hydrogen (secondary N) is 1. The molecule has 1 atom stereocenters. The van der Waals surface area contributed by atoms with Gasteiger partial charge in [0.15, 0.2) is 0 Å². The minimum Gasteiger partial charge on any atom is -0.411 e. The van der Waals surface area contributed by atoms with Crippen molar-refractivity contribution in [3.8, 4) is 0 Å². The molecule has 0 aromatic carbocycles. The van der Waals surface area contributed by atoms with Crippen LogP contribution in [0, 0.1) is 0 Å². The highest BCUT2D eigenvalue weighted by atomic mass is 35.5. The second-order valence-electron chi connectivity index (χ2n) is 6.63. The molecule has 0 aliphatic carbocycles. The molecule has 0 spiro atoms. The van der Waals surface area contributed by atoms with Crippen molar-refractivity contribution in [3.63, 3.8) is 0 Å². The summed E-state index contributed by atoms with van der Waals surface area (Å²) >= 11 is 6.24. The van der Waals surface area contributed by atoms with Crippen LogP contribution < -0.4 is 11.1 Å². The Morgan fingerprint density at radius 2 is 1.95 bits per heavy atom. The summed E-state index contributed by atoms with van der Waals surface area (Å²) in [6.07, 6.45) is 0. The zero-order valence-electron chi connectivity index (χ0n) is 12.5. The maximum Gasteiger partial charge on any atom is 0.236 e. The van der Waals surface area contributed by atoms with Crippen molar-refractivity contribution >= 4 is 33.1 Å². The largest absolute Gasteiger partial charge is 0.411 e. The Balaban J connectivity index is 2.24. The number of nitrogens with zero attached hydrogens (tertiary/aromatic N) is 2. The van der Waals surface area contributed by atoms with Crippen molar-refractivity contribution in [1.29, 1.82) is 0 Å². The minimum absolute atomic E-state index is 0.112. The number of nitrogens with two attached hydrogens (primary N) is 1. The predicted octanol–water partition coefficient (Wildman–Crippen LogP) is 2.85. The van der Waals surface area contributed by atoms with Crippen molar-refractivity contribution in [3.05, 3.63) is 10.7 Å². The number of fused-ring (bicyclic) bond motifs is 1. The van der Waals surface area contributed by atoms with E-state index in [9.17, 15) is 0 Å². The highest BCUT2D eigenvalue weighted by Crippen LogP contribution is 2.43. The molecule has 0 amide bonds. The average Bonchev–Trinajstić information content (AvgIpc) is 2.70.